The van der Waals surface area contributed by atoms with Crippen LogP contribution in [0.3, 0.4) is 0 Å². The number of likely N-dealkylation sites (N-methyl/N-ethyl adjacent to an activating group) is 1. The van der Waals surface area contributed by atoms with Crippen LogP contribution >= 0.6 is 0 Å². The van der Waals surface area contributed by atoms with Crippen LogP contribution in [0.15, 0.2) is 23.9 Å². The Morgan fingerprint density at radius 1 is 1.77 bits per heavy atom. The predicted octanol–water partition coefficient (Wildman–Crippen LogP) is 0.0222. The molecule has 72 valence electrons. The molecule has 2 atom stereocenters. The quantitative estimate of drug-likeness (QED) is 0.467. The van der Waals surface area contributed by atoms with Gasteiger partial charge in [0.05, 0.1) is 0 Å². The molecule has 0 saturated carbocycles. The van der Waals surface area contributed by atoms with E-state index in [1.807, 2.05) is 0 Å². The van der Waals surface area contributed by atoms with Gasteiger partial charge in [0.15, 0.2) is 0 Å². The van der Waals surface area contributed by atoms with E-state index in [0.29, 0.717) is 5.70 Å². The Hall–Kier alpha value is -1.36. The van der Waals surface area contributed by atoms with E-state index in [9.17, 15) is 10.1 Å². The van der Waals surface area contributed by atoms with E-state index in [1.165, 1.54) is 6.08 Å². The minimum atomic E-state index is -0.803. The number of hydrogen-bond acceptors (Lipinski definition) is 4. The molecule has 1 aliphatic rings. The fourth-order valence-electron chi connectivity index (χ4n) is 1.29. The number of nitro groups is 1. The Morgan fingerprint density at radius 3 is 2.85 bits per heavy atom. The highest BCUT2D eigenvalue weighted by Crippen LogP contribution is 2.21. The first-order valence-corrected chi connectivity index (χ1v) is 3.98. The van der Waals surface area contributed by atoms with Gasteiger partial charge in [-0.05, 0) is 20.0 Å². The van der Waals surface area contributed by atoms with Gasteiger partial charge in [0.25, 0.3) is 6.04 Å². The molecule has 0 bridgehead atoms. The lowest BCUT2D eigenvalue weighted by atomic mass is 9.88. The molecule has 2 unspecified atom stereocenters. The largest absolute Gasteiger partial charge is 0.399 e. The van der Waals surface area contributed by atoms with Crippen molar-refractivity contribution in [2.75, 3.05) is 7.05 Å². The molecule has 1 rings (SSSR count). The lowest BCUT2D eigenvalue weighted by Gasteiger charge is -2.29. The van der Waals surface area contributed by atoms with Crippen LogP contribution in [0.25, 0.3) is 0 Å². The minimum absolute atomic E-state index is 0.340. The molecule has 3 N–H and O–H groups in total. The number of nitrogens with two attached hydrogens (primary N) is 1. The summed E-state index contributed by atoms with van der Waals surface area (Å²) in [6.45, 7) is 1.76. The third-order valence-electron chi connectivity index (χ3n) is 2.35. The van der Waals surface area contributed by atoms with Crippen LogP contribution in [0.5, 0.6) is 0 Å². The van der Waals surface area contributed by atoms with Crippen molar-refractivity contribution in [2.45, 2.75) is 18.5 Å². The number of nitrogens with one attached hydrogen (secondary N) is 1. The molecule has 5 nitrogen and oxygen atoms in total. The fraction of sp³-hybridized carbons (Fsp3) is 0.500. The van der Waals surface area contributed by atoms with Gasteiger partial charge in [-0.15, -0.1) is 0 Å². The molecular weight excluding hydrogens is 170 g/mol. The molecule has 0 amide bonds. The average Bonchev–Trinajstić information content (AvgIpc) is 2.09. The first-order chi connectivity index (χ1) is 5.99. The Morgan fingerprint density at radius 2 is 2.38 bits per heavy atom. The maximum Gasteiger partial charge on any atom is 0.254 e. The lowest BCUT2D eigenvalue weighted by molar-refractivity contribution is -0.518. The highest BCUT2D eigenvalue weighted by Gasteiger charge is 2.39. The minimum Gasteiger partial charge on any atom is -0.399 e. The van der Waals surface area contributed by atoms with Gasteiger partial charge in [-0.25, -0.2) is 0 Å². The Labute approximate surface area is 76.5 Å². The molecule has 0 saturated heterocycles. The number of rotatable bonds is 2. The van der Waals surface area contributed by atoms with E-state index < -0.39 is 11.6 Å². The average molecular weight is 183 g/mol. The molecular formula is C8H13N3O2. The summed E-state index contributed by atoms with van der Waals surface area (Å²) < 4.78 is 0. The van der Waals surface area contributed by atoms with Crippen LogP contribution in [0.4, 0.5) is 0 Å². The summed E-state index contributed by atoms with van der Waals surface area (Å²) in [5.41, 5.74) is 5.27. The first-order valence-electron chi connectivity index (χ1n) is 3.98. The molecule has 0 aromatic heterocycles. The Balaban J connectivity index is 3.01. The van der Waals surface area contributed by atoms with Crippen molar-refractivity contribution >= 4 is 0 Å². The summed E-state index contributed by atoms with van der Waals surface area (Å²) in [6.07, 6.45) is 4.85. The van der Waals surface area contributed by atoms with Crippen molar-refractivity contribution in [3.05, 3.63) is 34.0 Å². The lowest BCUT2D eigenvalue weighted by Crippen LogP contribution is -2.52. The second-order valence-electron chi connectivity index (χ2n) is 3.26. The van der Waals surface area contributed by atoms with Gasteiger partial charge in [-0.1, -0.05) is 6.08 Å². The highest BCUT2D eigenvalue weighted by atomic mass is 16.6. The fourth-order valence-corrected chi connectivity index (χ4v) is 1.29. The third-order valence-corrected chi connectivity index (χ3v) is 2.35. The van der Waals surface area contributed by atoms with Crippen molar-refractivity contribution in [1.29, 1.82) is 0 Å². The molecule has 0 radical (unpaired) electrons. The summed E-state index contributed by atoms with van der Waals surface area (Å²) in [6, 6.07) is -0.803. The molecule has 0 aromatic carbocycles. The molecule has 13 heavy (non-hydrogen) atoms. The van der Waals surface area contributed by atoms with Crippen molar-refractivity contribution in [3.8, 4) is 0 Å². The Bertz CT molecular complexity index is 285. The van der Waals surface area contributed by atoms with Crippen LogP contribution in [0.2, 0.25) is 0 Å². The van der Waals surface area contributed by atoms with Gasteiger partial charge in [-0.2, -0.15) is 0 Å². The summed E-state index contributed by atoms with van der Waals surface area (Å²) in [5, 5.41) is 13.6. The summed E-state index contributed by atoms with van der Waals surface area (Å²) in [7, 11) is 1.69. The number of allylic oxidation sites excluding steroid dienone is 1. The zero-order chi connectivity index (χ0) is 10.1. The second kappa shape index (κ2) is 3.18. The van der Waals surface area contributed by atoms with Gasteiger partial charge in [0.2, 0.25) is 0 Å². The van der Waals surface area contributed by atoms with Crippen molar-refractivity contribution < 1.29 is 4.92 Å². The summed E-state index contributed by atoms with van der Waals surface area (Å²) >= 11 is 0. The van der Waals surface area contributed by atoms with Gasteiger partial charge >= 0.3 is 0 Å². The van der Waals surface area contributed by atoms with Gasteiger partial charge in [0.1, 0.15) is 5.54 Å². The first kappa shape index (κ1) is 9.73. The van der Waals surface area contributed by atoms with Crippen LogP contribution < -0.4 is 11.1 Å². The molecule has 0 aliphatic heterocycles. The van der Waals surface area contributed by atoms with E-state index in [1.54, 1.807) is 26.1 Å². The molecule has 0 heterocycles. The van der Waals surface area contributed by atoms with E-state index in [-0.39, 0.29) is 4.92 Å². The Kier molecular flexibility index (Phi) is 2.38. The van der Waals surface area contributed by atoms with Crippen LogP contribution in [0, 0.1) is 10.1 Å². The molecule has 5 heteroatoms. The van der Waals surface area contributed by atoms with E-state index >= 15 is 0 Å². The van der Waals surface area contributed by atoms with E-state index in [2.05, 4.69) is 5.32 Å². The maximum absolute atomic E-state index is 10.7. The van der Waals surface area contributed by atoms with E-state index in [0.717, 1.165) is 0 Å². The van der Waals surface area contributed by atoms with Crippen molar-refractivity contribution in [1.82, 2.24) is 5.32 Å². The standard InChI is InChI=1S/C8H13N3O2/c1-8(10-2)4-3-6(9)5-7(8)11(12)13/h3-5,7,10H,9H2,1-2H3. The molecule has 0 spiro atoms. The zero-order valence-corrected chi connectivity index (χ0v) is 7.65. The van der Waals surface area contributed by atoms with Gasteiger partial charge < -0.3 is 11.1 Å². The van der Waals surface area contributed by atoms with Crippen LogP contribution in [-0.2, 0) is 0 Å². The monoisotopic (exact) mass is 183 g/mol. The van der Waals surface area contributed by atoms with Crippen LogP contribution in [-0.4, -0.2) is 23.6 Å². The van der Waals surface area contributed by atoms with Gasteiger partial charge in [0, 0.05) is 16.7 Å². The molecule has 0 fully saturated rings. The van der Waals surface area contributed by atoms with Crippen molar-refractivity contribution in [3.63, 3.8) is 0 Å². The molecule has 0 aromatic rings. The smallest absolute Gasteiger partial charge is 0.254 e. The highest BCUT2D eigenvalue weighted by molar-refractivity contribution is 5.30. The number of hydrogen-bond donors (Lipinski definition) is 2. The predicted molar refractivity (Wildman–Crippen MR) is 49.7 cm³/mol. The summed E-state index contributed by atoms with van der Waals surface area (Å²) in [5.74, 6) is 0. The number of nitrogens with zero attached hydrogens (tertiary/aromatic N) is 1. The second-order valence-corrected chi connectivity index (χ2v) is 3.26. The van der Waals surface area contributed by atoms with Gasteiger partial charge in [-0.3, -0.25) is 10.1 Å². The summed E-state index contributed by atoms with van der Waals surface area (Å²) in [4.78, 5) is 10.4. The normalized spacial score (nSPS) is 32.8. The SMILES string of the molecule is CNC1(C)C=CC(N)=CC1[N+](=O)[O-]. The topological polar surface area (TPSA) is 81.2 Å². The van der Waals surface area contributed by atoms with Crippen LogP contribution in [0.1, 0.15) is 6.92 Å². The zero-order valence-electron chi connectivity index (χ0n) is 7.65. The third kappa shape index (κ3) is 1.70. The maximum atomic E-state index is 10.7. The van der Waals surface area contributed by atoms with E-state index in [4.69, 9.17) is 5.73 Å². The van der Waals surface area contributed by atoms with Crippen molar-refractivity contribution in [2.24, 2.45) is 5.73 Å². The molecule has 1 aliphatic carbocycles.